The molecule has 0 radical (unpaired) electrons. The van der Waals surface area contributed by atoms with Crippen LogP contribution >= 0.6 is 0 Å². The van der Waals surface area contributed by atoms with Gasteiger partial charge in [0.25, 0.3) is 0 Å². The first kappa shape index (κ1) is 16.4. The van der Waals surface area contributed by atoms with Gasteiger partial charge in [0.2, 0.25) is 6.79 Å². The molecule has 0 amide bonds. The van der Waals surface area contributed by atoms with E-state index in [4.69, 9.17) is 19.6 Å². The van der Waals surface area contributed by atoms with E-state index in [1.165, 1.54) is 6.33 Å². The molecule has 0 spiro atoms. The van der Waals surface area contributed by atoms with Gasteiger partial charge in [-0.2, -0.15) is 5.10 Å². The molecule has 1 aliphatic heterocycles. The summed E-state index contributed by atoms with van der Waals surface area (Å²) in [5.74, 6) is 2.89. The maximum Gasteiger partial charge on any atom is 0.231 e. The number of nitrogens with zero attached hydrogens (tertiary/aromatic N) is 7. The lowest BCUT2D eigenvalue weighted by Gasteiger charge is -2.07. The molecule has 9 nitrogen and oxygen atoms in total. The molecule has 4 aromatic rings. The van der Waals surface area contributed by atoms with Crippen molar-refractivity contribution >= 4 is 0 Å². The van der Waals surface area contributed by atoms with E-state index in [1.54, 1.807) is 17.2 Å². The molecular weight excluding hydrogens is 358 g/mol. The van der Waals surface area contributed by atoms with Crippen molar-refractivity contribution in [3.8, 4) is 28.7 Å². The van der Waals surface area contributed by atoms with Gasteiger partial charge in [-0.1, -0.05) is 6.07 Å². The summed E-state index contributed by atoms with van der Waals surface area (Å²) in [4.78, 5) is 13.1. The predicted octanol–water partition coefficient (Wildman–Crippen LogP) is 2.28. The van der Waals surface area contributed by atoms with Crippen LogP contribution in [0.3, 0.4) is 0 Å². The highest BCUT2D eigenvalue weighted by molar-refractivity contribution is 5.52. The summed E-state index contributed by atoms with van der Waals surface area (Å²) in [5, 5.41) is 8.85. The molecule has 4 heterocycles. The molecule has 28 heavy (non-hydrogen) atoms. The van der Waals surface area contributed by atoms with Crippen molar-refractivity contribution < 1.29 is 9.47 Å². The van der Waals surface area contributed by atoms with Gasteiger partial charge in [0, 0.05) is 25.2 Å². The van der Waals surface area contributed by atoms with Gasteiger partial charge in [-0.05, 0) is 30.7 Å². The first-order valence-corrected chi connectivity index (χ1v) is 8.96. The molecule has 0 N–H and O–H groups in total. The van der Waals surface area contributed by atoms with Gasteiger partial charge in [-0.3, -0.25) is 9.67 Å². The van der Waals surface area contributed by atoms with Crippen molar-refractivity contribution in [3.05, 3.63) is 61.1 Å². The summed E-state index contributed by atoms with van der Waals surface area (Å²) in [6.07, 6.45) is 6.57. The molecule has 0 saturated carbocycles. The third-order valence-corrected chi connectivity index (χ3v) is 4.42. The van der Waals surface area contributed by atoms with E-state index in [0.29, 0.717) is 11.6 Å². The van der Waals surface area contributed by atoms with E-state index >= 15 is 0 Å². The van der Waals surface area contributed by atoms with E-state index in [2.05, 4.69) is 15.1 Å². The quantitative estimate of drug-likeness (QED) is 0.510. The molecule has 1 aromatic carbocycles. The Kier molecular flexibility index (Phi) is 4.17. The van der Waals surface area contributed by atoms with Crippen molar-refractivity contribution in [3.63, 3.8) is 0 Å². The van der Waals surface area contributed by atoms with Gasteiger partial charge < -0.3 is 9.47 Å². The zero-order valence-electron chi connectivity index (χ0n) is 15.0. The molecule has 0 aliphatic carbocycles. The van der Waals surface area contributed by atoms with Gasteiger partial charge in [-0.15, -0.1) is 5.10 Å². The van der Waals surface area contributed by atoms with E-state index in [-0.39, 0.29) is 6.79 Å². The van der Waals surface area contributed by atoms with Crippen LogP contribution in [0.5, 0.6) is 11.5 Å². The molecule has 0 atom stereocenters. The van der Waals surface area contributed by atoms with Gasteiger partial charge in [0.1, 0.15) is 24.2 Å². The van der Waals surface area contributed by atoms with Gasteiger partial charge in [0.15, 0.2) is 17.3 Å². The fourth-order valence-electron chi connectivity index (χ4n) is 3.08. The summed E-state index contributed by atoms with van der Waals surface area (Å²) < 4.78 is 14.6. The average Bonchev–Trinajstić information content (AvgIpc) is 3.49. The van der Waals surface area contributed by atoms with Crippen LogP contribution in [0, 0.1) is 0 Å². The Morgan fingerprint density at radius 2 is 2.04 bits per heavy atom. The lowest BCUT2D eigenvalue weighted by molar-refractivity contribution is 0.174. The normalized spacial score (nSPS) is 12.4. The highest BCUT2D eigenvalue weighted by Gasteiger charge is 2.18. The predicted molar refractivity (Wildman–Crippen MR) is 99.1 cm³/mol. The van der Waals surface area contributed by atoms with Crippen molar-refractivity contribution in [2.45, 2.75) is 19.4 Å². The molecule has 3 aromatic heterocycles. The molecule has 5 rings (SSSR count). The summed E-state index contributed by atoms with van der Waals surface area (Å²) in [6, 6.07) is 11.5. The number of pyridine rings is 1. The second-order valence-corrected chi connectivity index (χ2v) is 6.28. The molecule has 140 valence electrons. The standard InChI is InChI=1S/C19H17N7O2/c1-2-8-21-15(4-1)19-23-18(5-3-9-25-12-20-11-22-25)26(24-19)14-6-7-16-17(10-14)28-13-27-16/h1-2,4,6-8,10-12H,3,5,9,13H2. The molecule has 0 fully saturated rings. The number of fused-ring (bicyclic) bond motifs is 1. The zero-order chi connectivity index (χ0) is 18.8. The zero-order valence-corrected chi connectivity index (χ0v) is 15.0. The van der Waals surface area contributed by atoms with Crippen LogP contribution in [-0.2, 0) is 13.0 Å². The molecule has 0 saturated heterocycles. The number of hydrogen-bond acceptors (Lipinski definition) is 7. The van der Waals surface area contributed by atoms with E-state index in [0.717, 1.165) is 42.3 Å². The second-order valence-electron chi connectivity index (χ2n) is 6.28. The van der Waals surface area contributed by atoms with Gasteiger partial charge in [-0.25, -0.2) is 14.6 Å². The fourth-order valence-corrected chi connectivity index (χ4v) is 3.08. The van der Waals surface area contributed by atoms with Crippen LogP contribution in [0.4, 0.5) is 0 Å². The number of rotatable bonds is 6. The van der Waals surface area contributed by atoms with Crippen molar-refractivity contribution in [1.29, 1.82) is 0 Å². The van der Waals surface area contributed by atoms with Crippen molar-refractivity contribution in [2.24, 2.45) is 0 Å². The van der Waals surface area contributed by atoms with E-state index < -0.39 is 0 Å². The van der Waals surface area contributed by atoms with Crippen LogP contribution in [0.1, 0.15) is 12.2 Å². The Bertz CT molecular complexity index is 1080. The Morgan fingerprint density at radius 1 is 1.07 bits per heavy atom. The summed E-state index contributed by atoms with van der Waals surface area (Å²) >= 11 is 0. The Hall–Kier alpha value is -3.75. The monoisotopic (exact) mass is 375 g/mol. The van der Waals surface area contributed by atoms with Crippen LogP contribution < -0.4 is 9.47 Å². The summed E-state index contributed by atoms with van der Waals surface area (Å²) in [5.41, 5.74) is 1.61. The molecule has 0 bridgehead atoms. The average molecular weight is 375 g/mol. The summed E-state index contributed by atoms with van der Waals surface area (Å²) in [6.45, 7) is 0.993. The number of hydrogen-bond donors (Lipinski definition) is 0. The highest BCUT2D eigenvalue weighted by atomic mass is 16.7. The second kappa shape index (κ2) is 7.10. The maximum atomic E-state index is 5.51. The van der Waals surface area contributed by atoms with Crippen molar-refractivity contribution in [1.82, 2.24) is 34.5 Å². The minimum atomic E-state index is 0.236. The number of benzene rings is 1. The molecule has 9 heteroatoms. The first-order valence-electron chi connectivity index (χ1n) is 8.96. The third-order valence-electron chi connectivity index (χ3n) is 4.42. The lowest BCUT2D eigenvalue weighted by atomic mass is 10.2. The maximum absolute atomic E-state index is 5.51. The van der Waals surface area contributed by atoms with Crippen LogP contribution in [0.2, 0.25) is 0 Å². The minimum absolute atomic E-state index is 0.236. The number of aromatic nitrogens is 7. The number of aryl methyl sites for hydroxylation is 2. The Labute approximate surface area is 160 Å². The first-order chi connectivity index (χ1) is 13.9. The fraction of sp³-hybridized carbons (Fsp3) is 0.211. The lowest BCUT2D eigenvalue weighted by Crippen LogP contribution is -2.06. The van der Waals surface area contributed by atoms with Gasteiger partial charge in [0.05, 0.1) is 5.69 Å². The van der Waals surface area contributed by atoms with Crippen LogP contribution in [0.15, 0.2) is 55.2 Å². The molecule has 0 unspecified atom stereocenters. The largest absolute Gasteiger partial charge is 0.454 e. The van der Waals surface area contributed by atoms with Gasteiger partial charge >= 0.3 is 0 Å². The highest BCUT2D eigenvalue weighted by Crippen LogP contribution is 2.34. The minimum Gasteiger partial charge on any atom is -0.454 e. The summed E-state index contributed by atoms with van der Waals surface area (Å²) in [7, 11) is 0. The van der Waals surface area contributed by atoms with E-state index in [9.17, 15) is 0 Å². The number of ether oxygens (including phenoxy) is 2. The SMILES string of the molecule is c1ccc(-c2nc(CCCn3cncn3)n(-c3ccc4c(c3)OCO4)n2)nc1. The smallest absolute Gasteiger partial charge is 0.231 e. The molecule has 1 aliphatic rings. The Morgan fingerprint density at radius 3 is 2.89 bits per heavy atom. The van der Waals surface area contributed by atoms with Crippen LogP contribution in [-0.4, -0.2) is 41.3 Å². The molecular formula is C19H17N7O2. The third kappa shape index (κ3) is 3.18. The van der Waals surface area contributed by atoms with E-state index in [1.807, 2.05) is 41.1 Å². The Balaban J connectivity index is 1.47. The topological polar surface area (TPSA) is 92.8 Å². The van der Waals surface area contributed by atoms with Crippen molar-refractivity contribution in [2.75, 3.05) is 6.79 Å². The van der Waals surface area contributed by atoms with Crippen LogP contribution in [0.25, 0.3) is 17.2 Å².